The van der Waals surface area contributed by atoms with Crippen LogP contribution in [-0.2, 0) is 0 Å². The lowest BCUT2D eigenvalue weighted by Gasteiger charge is -2.18. The highest BCUT2D eigenvalue weighted by atomic mass is 79.9. The molecule has 1 atom stereocenters. The lowest BCUT2D eigenvalue weighted by atomic mass is 9.98. The van der Waals surface area contributed by atoms with Crippen molar-refractivity contribution in [3.63, 3.8) is 0 Å². The Morgan fingerprint density at radius 2 is 1.80 bits per heavy atom. The van der Waals surface area contributed by atoms with Crippen LogP contribution in [0, 0.1) is 12.7 Å². The number of aryl methyl sites for hydroxylation is 1. The topological polar surface area (TPSA) is 21.3 Å². The zero-order chi connectivity index (χ0) is 14.7. The van der Waals surface area contributed by atoms with Crippen molar-refractivity contribution in [1.29, 1.82) is 0 Å². The van der Waals surface area contributed by atoms with Crippen molar-refractivity contribution in [2.75, 3.05) is 14.2 Å². The summed E-state index contributed by atoms with van der Waals surface area (Å²) in [6.07, 6.45) is 0. The first kappa shape index (κ1) is 15.0. The number of halogens is 2. The van der Waals surface area contributed by atoms with Gasteiger partial charge in [-0.05, 0) is 48.9 Å². The second-order valence-electron chi connectivity index (χ2n) is 4.62. The van der Waals surface area contributed by atoms with Crippen molar-refractivity contribution in [2.45, 2.75) is 13.0 Å². The highest BCUT2D eigenvalue weighted by Gasteiger charge is 2.15. The minimum Gasteiger partial charge on any atom is -0.494 e. The smallest absolute Gasteiger partial charge is 0.165 e. The van der Waals surface area contributed by atoms with E-state index in [1.54, 1.807) is 6.07 Å². The molecule has 1 N–H and O–H groups in total. The SMILES string of the molecule is CNC(c1ccc(OC)c(F)c1)c1ccc(C)c(Br)c1. The van der Waals surface area contributed by atoms with Crippen LogP contribution in [0.1, 0.15) is 22.7 Å². The van der Waals surface area contributed by atoms with Crippen LogP contribution < -0.4 is 10.1 Å². The van der Waals surface area contributed by atoms with Gasteiger partial charge in [0.25, 0.3) is 0 Å². The van der Waals surface area contributed by atoms with Crippen molar-refractivity contribution in [3.05, 3.63) is 63.4 Å². The first-order valence-electron chi connectivity index (χ1n) is 6.33. The summed E-state index contributed by atoms with van der Waals surface area (Å²) in [4.78, 5) is 0. The van der Waals surface area contributed by atoms with E-state index >= 15 is 0 Å². The number of benzene rings is 2. The maximum Gasteiger partial charge on any atom is 0.165 e. The minimum atomic E-state index is -0.351. The molecule has 2 aromatic rings. The molecule has 0 saturated heterocycles. The molecule has 2 nitrogen and oxygen atoms in total. The van der Waals surface area contributed by atoms with Gasteiger partial charge in [-0.15, -0.1) is 0 Å². The molecular weight excluding hydrogens is 321 g/mol. The van der Waals surface area contributed by atoms with E-state index < -0.39 is 0 Å². The van der Waals surface area contributed by atoms with E-state index in [9.17, 15) is 4.39 Å². The van der Waals surface area contributed by atoms with Crippen molar-refractivity contribution in [1.82, 2.24) is 5.32 Å². The Bertz CT molecular complexity index is 615. The van der Waals surface area contributed by atoms with E-state index in [4.69, 9.17) is 4.74 Å². The summed E-state index contributed by atoms with van der Waals surface area (Å²) in [6.45, 7) is 2.04. The average Bonchev–Trinajstić information content (AvgIpc) is 2.44. The van der Waals surface area contributed by atoms with E-state index in [1.807, 2.05) is 32.2 Å². The van der Waals surface area contributed by atoms with E-state index in [2.05, 4.69) is 27.3 Å². The summed E-state index contributed by atoms with van der Waals surface area (Å²) in [7, 11) is 3.32. The molecular formula is C16H17BrFNO. The number of rotatable bonds is 4. The molecule has 106 valence electrons. The molecule has 1 unspecified atom stereocenters. The molecule has 0 bridgehead atoms. The Labute approximate surface area is 127 Å². The molecule has 0 amide bonds. The summed E-state index contributed by atoms with van der Waals surface area (Å²) in [6, 6.07) is 11.1. The normalized spacial score (nSPS) is 12.2. The molecule has 2 rings (SSSR count). The summed E-state index contributed by atoms with van der Waals surface area (Å²) in [5.74, 6) is -0.0925. The maximum absolute atomic E-state index is 13.8. The fourth-order valence-corrected chi connectivity index (χ4v) is 2.57. The molecule has 2 aromatic carbocycles. The van der Waals surface area contributed by atoms with Gasteiger partial charge in [-0.3, -0.25) is 0 Å². The molecule has 0 spiro atoms. The quantitative estimate of drug-likeness (QED) is 0.902. The zero-order valence-electron chi connectivity index (χ0n) is 11.7. The Hall–Kier alpha value is -1.39. The van der Waals surface area contributed by atoms with Crippen LogP contribution in [0.15, 0.2) is 40.9 Å². The van der Waals surface area contributed by atoms with Crippen LogP contribution in [0.2, 0.25) is 0 Å². The Morgan fingerprint density at radius 3 is 2.35 bits per heavy atom. The third-order valence-electron chi connectivity index (χ3n) is 3.33. The molecule has 0 aromatic heterocycles. The predicted molar refractivity (Wildman–Crippen MR) is 82.7 cm³/mol. The van der Waals surface area contributed by atoms with Gasteiger partial charge in [0.2, 0.25) is 0 Å². The second kappa shape index (κ2) is 6.37. The van der Waals surface area contributed by atoms with Crippen molar-refractivity contribution in [2.24, 2.45) is 0 Å². The molecule has 0 aliphatic carbocycles. The first-order valence-corrected chi connectivity index (χ1v) is 7.13. The van der Waals surface area contributed by atoms with Crippen LogP contribution in [0.4, 0.5) is 4.39 Å². The lowest BCUT2D eigenvalue weighted by molar-refractivity contribution is 0.386. The summed E-state index contributed by atoms with van der Waals surface area (Å²) >= 11 is 3.53. The third kappa shape index (κ3) is 3.02. The van der Waals surface area contributed by atoms with Crippen LogP contribution in [0.3, 0.4) is 0 Å². The first-order chi connectivity index (χ1) is 9.56. The standard InChI is InChI=1S/C16H17BrFNO/c1-10-4-5-11(8-13(10)17)16(19-2)12-6-7-15(20-3)14(18)9-12/h4-9,16,19H,1-3H3. The highest BCUT2D eigenvalue weighted by molar-refractivity contribution is 9.10. The largest absolute Gasteiger partial charge is 0.494 e. The van der Waals surface area contributed by atoms with Gasteiger partial charge in [0.1, 0.15) is 0 Å². The number of hydrogen-bond acceptors (Lipinski definition) is 2. The summed E-state index contributed by atoms with van der Waals surface area (Å²) < 4.78 is 19.8. The summed E-state index contributed by atoms with van der Waals surface area (Å²) in [5, 5.41) is 3.22. The van der Waals surface area contributed by atoms with Gasteiger partial charge in [-0.2, -0.15) is 0 Å². The fourth-order valence-electron chi connectivity index (χ4n) is 2.18. The number of nitrogens with one attached hydrogen (secondary N) is 1. The molecule has 0 aliphatic heterocycles. The van der Waals surface area contributed by atoms with E-state index in [-0.39, 0.29) is 17.6 Å². The second-order valence-corrected chi connectivity index (χ2v) is 5.48. The van der Waals surface area contributed by atoms with Gasteiger partial charge < -0.3 is 10.1 Å². The number of methoxy groups -OCH3 is 1. The summed E-state index contributed by atoms with van der Waals surface area (Å²) in [5.41, 5.74) is 3.11. The van der Waals surface area contributed by atoms with Crippen LogP contribution >= 0.6 is 15.9 Å². The van der Waals surface area contributed by atoms with Gasteiger partial charge in [0.15, 0.2) is 11.6 Å². The fraction of sp³-hybridized carbons (Fsp3) is 0.250. The van der Waals surface area contributed by atoms with Gasteiger partial charge >= 0.3 is 0 Å². The third-order valence-corrected chi connectivity index (χ3v) is 4.18. The van der Waals surface area contributed by atoms with Crippen LogP contribution in [0.5, 0.6) is 5.75 Å². The van der Waals surface area contributed by atoms with Gasteiger partial charge in [-0.25, -0.2) is 4.39 Å². The molecule has 0 radical (unpaired) electrons. The monoisotopic (exact) mass is 337 g/mol. The maximum atomic E-state index is 13.8. The molecule has 0 heterocycles. The average molecular weight is 338 g/mol. The highest BCUT2D eigenvalue weighted by Crippen LogP contribution is 2.28. The molecule has 4 heteroatoms. The predicted octanol–water partition coefficient (Wildman–Crippen LogP) is 4.21. The Balaban J connectivity index is 2.41. The van der Waals surface area contributed by atoms with E-state index in [0.29, 0.717) is 0 Å². The molecule has 0 aliphatic rings. The van der Waals surface area contributed by atoms with Gasteiger partial charge in [-0.1, -0.05) is 34.1 Å². The Morgan fingerprint density at radius 1 is 1.15 bits per heavy atom. The van der Waals surface area contributed by atoms with Crippen LogP contribution in [-0.4, -0.2) is 14.2 Å². The van der Waals surface area contributed by atoms with Crippen molar-refractivity contribution in [3.8, 4) is 5.75 Å². The van der Waals surface area contributed by atoms with Gasteiger partial charge in [0.05, 0.1) is 13.2 Å². The molecule has 0 fully saturated rings. The van der Waals surface area contributed by atoms with E-state index in [0.717, 1.165) is 15.6 Å². The van der Waals surface area contributed by atoms with Crippen molar-refractivity contribution >= 4 is 15.9 Å². The van der Waals surface area contributed by atoms with E-state index in [1.165, 1.54) is 18.7 Å². The minimum absolute atomic E-state index is 0.0627. The number of ether oxygens (including phenoxy) is 1. The lowest BCUT2D eigenvalue weighted by Crippen LogP contribution is -2.18. The van der Waals surface area contributed by atoms with Gasteiger partial charge in [0, 0.05) is 4.47 Å². The van der Waals surface area contributed by atoms with Crippen molar-refractivity contribution < 1.29 is 9.13 Å². The number of hydrogen-bond donors (Lipinski definition) is 1. The Kier molecular flexibility index (Phi) is 4.78. The van der Waals surface area contributed by atoms with Crippen LogP contribution in [0.25, 0.3) is 0 Å². The molecule has 20 heavy (non-hydrogen) atoms. The zero-order valence-corrected chi connectivity index (χ0v) is 13.3. The molecule has 0 saturated carbocycles.